The highest BCUT2D eigenvalue weighted by atomic mass is 19.1. The summed E-state index contributed by atoms with van der Waals surface area (Å²) in [5.41, 5.74) is 2.41. The first-order chi connectivity index (χ1) is 14.1. The topological polar surface area (TPSA) is 49.8 Å². The normalized spacial score (nSPS) is 16.7. The summed E-state index contributed by atoms with van der Waals surface area (Å²) in [6.07, 6.45) is 2.20. The van der Waals surface area contributed by atoms with Gasteiger partial charge in [-0.2, -0.15) is 0 Å². The van der Waals surface area contributed by atoms with Crippen LogP contribution in [-0.4, -0.2) is 42.6 Å². The van der Waals surface area contributed by atoms with Crippen molar-refractivity contribution < 1.29 is 19.0 Å². The second-order valence-electron chi connectivity index (χ2n) is 7.26. The van der Waals surface area contributed by atoms with Crippen molar-refractivity contribution in [2.75, 3.05) is 26.8 Å². The Morgan fingerprint density at radius 3 is 2.79 bits per heavy atom. The molecule has 0 aliphatic carbocycles. The molecule has 2 aromatic rings. The number of aliphatic hydroxyl groups is 1. The average molecular weight is 395 g/mol. The highest BCUT2D eigenvalue weighted by molar-refractivity contribution is 6.00. The lowest BCUT2D eigenvalue weighted by atomic mass is 9.89. The molecule has 1 aliphatic rings. The van der Waals surface area contributed by atoms with Crippen LogP contribution in [0.4, 0.5) is 4.39 Å². The average Bonchev–Trinajstić information content (AvgIpc) is 2.75. The molecule has 0 radical (unpaired) electrons. The molecule has 0 bridgehead atoms. The molecule has 4 nitrogen and oxygen atoms in total. The first kappa shape index (κ1) is 21.0. The molecule has 1 aliphatic heterocycles. The zero-order chi connectivity index (χ0) is 20.6. The van der Waals surface area contributed by atoms with Crippen LogP contribution in [0.2, 0.25) is 0 Å². The maximum Gasteiger partial charge on any atom is 0.171 e. The number of hydrogen-bond donors (Lipinski definition) is 1. The van der Waals surface area contributed by atoms with E-state index in [1.807, 2.05) is 24.3 Å². The van der Waals surface area contributed by atoms with Gasteiger partial charge in [0.15, 0.2) is 5.78 Å². The number of rotatable bonds is 6. The third kappa shape index (κ3) is 5.66. The first-order valence-electron chi connectivity index (χ1n) is 9.89. The van der Waals surface area contributed by atoms with E-state index < -0.39 is 5.82 Å². The number of aliphatic hydroxyl groups excluding tert-OH is 1. The number of Topliss-reactive ketones (excluding diaryl/α,β-unsaturated/α-hetero) is 1. The Hall–Kier alpha value is -2.68. The quantitative estimate of drug-likeness (QED) is 0.599. The molecule has 0 spiro atoms. The SMILES string of the molecule is COc1ccc(F)cc1C(=O)[C@H]1CCCN(Cc2ccc(C#CCCO)cc2)C1. The third-order valence-corrected chi connectivity index (χ3v) is 5.13. The minimum Gasteiger partial charge on any atom is -0.496 e. The number of hydrogen-bond acceptors (Lipinski definition) is 4. The molecule has 0 unspecified atom stereocenters. The molecule has 5 heteroatoms. The van der Waals surface area contributed by atoms with Crippen LogP contribution in [0.1, 0.15) is 40.7 Å². The van der Waals surface area contributed by atoms with Crippen LogP contribution in [0.15, 0.2) is 42.5 Å². The van der Waals surface area contributed by atoms with Gasteiger partial charge in [0.25, 0.3) is 0 Å². The number of carbonyl (C=O) groups excluding carboxylic acids is 1. The standard InChI is InChI=1S/C24H26FNO3/c1-29-23-12-11-21(25)15-22(23)24(28)20-6-4-13-26(17-20)16-19-9-7-18(8-10-19)5-2-3-14-27/h7-12,15,20,27H,3-4,6,13-14,16-17H2,1H3/t20-/m0/s1. The predicted molar refractivity (Wildman–Crippen MR) is 110 cm³/mol. The molecular formula is C24H26FNO3. The molecule has 3 rings (SSSR count). The fourth-order valence-corrected chi connectivity index (χ4v) is 3.68. The monoisotopic (exact) mass is 395 g/mol. The van der Waals surface area contributed by atoms with E-state index >= 15 is 0 Å². The summed E-state index contributed by atoms with van der Waals surface area (Å²) in [7, 11) is 1.50. The number of halogens is 1. The Balaban J connectivity index is 1.64. The predicted octanol–water partition coefficient (Wildman–Crippen LogP) is 3.66. The van der Waals surface area contributed by atoms with E-state index in [1.54, 1.807) is 0 Å². The number of piperidine rings is 1. The molecule has 1 atom stereocenters. The van der Waals surface area contributed by atoms with E-state index in [1.165, 1.54) is 25.3 Å². The molecule has 29 heavy (non-hydrogen) atoms. The summed E-state index contributed by atoms with van der Waals surface area (Å²) >= 11 is 0. The summed E-state index contributed by atoms with van der Waals surface area (Å²) in [6, 6.07) is 12.1. The van der Waals surface area contributed by atoms with Crippen LogP contribution in [0, 0.1) is 23.6 Å². The fourth-order valence-electron chi connectivity index (χ4n) is 3.68. The number of benzene rings is 2. The molecule has 0 amide bonds. The van der Waals surface area contributed by atoms with Crippen molar-refractivity contribution in [1.29, 1.82) is 0 Å². The molecule has 2 aromatic carbocycles. The Bertz CT molecular complexity index is 899. The van der Waals surface area contributed by atoms with Gasteiger partial charge in [-0.3, -0.25) is 9.69 Å². The second-order valence-corrected chi connectivity index (χ2v) is 7.26. The van der Waals surface area contributed by atoms with Crippen molar-refractivity contribution in [3.8, 4) is 17.6 Å². The highest BCUT2D eigenvalue weighted by Gasteiger charge is 2.28. The van der Waals surface area contributed by atoms with Gasteiger partial charge in [0.1, 0.15) is 11.6 Å². The lowest BCUT2D eigenvalue weighted by Gasteiger charge is -2.32. The molecule has 0 saturated carbocycles. The van der Waals surface area contributed by atoms with Crippen molar-refractivity contribution in [2.45, 2.75) is 25.8 Å². The summed E-state index contributed by atoms with van der Waals surface area (Å²) in [4.78, 5) is 15.3. The number of carbonyl (C=O) groups is 1. The van der Waals surface area contributed by atoms with Crippen LogP contribution in [0.3, 0.4) is 0 Å². The maximum absolute atomic E-state index is 13.7. The van der Waals surface area contributed by atoms with Crippen LogP contribution in [-0.2, 0) is 6.54 Å². The van der Waals surface area contributed by atoms with E-state index in [4.69, 9.17) is 9.84 Å². The van der Waals surface area contributed by atoms with Gasteiger partial charge in [-0.05, 0) is 55.3 Å². The molecule has 1 heterocycles. The van der Waals surface area contributed by atoms with Crippen LogP contribution < -0.4 is 4.74 Å². The zero-order valence-electron chi connectivity index (χ0n) is 16.7. The van der Waals surface area contributed by atoms with Gasteiger partial charge < -0.3 is 9.84 Å². The van der Waals surface area contributed by atoms with Gasteiger partial charge in [0, 0.05) is 31.0 Å². The van der Waals surface area contributed by atoms with Gasteiger partial charge in [-0.25, -0.2) is 4.39 Å². The molecule has 1 saturated heterocycles. The zero-order valence-corrected chi connectivity index (χ0v) is 16.7. The summed E-state index contributed by atoms with van der Waals surface area (Å²) in [5.74, 6) is 5.71. The Morgan fingerprint density at radius 2 is 2.07 bits per heavy atom. The van der Waals surface area contributed by atoms with Gasteiger partial charge in [-0.1, -0.05) is 24.0 Å². The number of ether oxygens (including phenoxy) is 1. The molecule has 1 fully saturated rings. The van der Waals surface area contributed by atoms with Crippen molar-refractivity contribution in [3.05, 3.63) is 65.0 Å². The van der Waals surface area contributed by atoms with E-state index in [2.05, 4.69) is 16.7 Å². The van der Waals surface area contributed by atoms with Crippen molar-refractivity contribution in [2.24, 2.45) is 5.92 Å². The molecule has 0 aromatic heterocycles. The van der Waals surface area contributed by atoms with E-state index in [0.29, 0.717) is 24.3 Å². The van der Waals surface area contributed by atoms with Crippen molar-refractivity contribution in [3.63, 3.8) is 0 Å². The van der Waals surface area contributed by atoms with Gasteiger partial charge >= 0.3 is 0 Å². The smallest absolute Gasteiger partial charge is 0.171 e. The minimum atomic E-state index is -0.427. The van der Waals surface area contributed by atoms with E-state index in [9.17, 15) is 9.18 Å². The lowest BCUT2D eigenvalue weighted by Crippen LogP contribution is -2.38. The summed E-state index contributed by atoms with van der Waals surface area (Å²) in [6.45, 7) is 2.41. The summed E-state index contributed by atoms with van der Waals surface area (Å²) < 4.78 is 18.9. The van der Waals surface area contributed by atoms with Gasteiger partial charge in [0.2, 0.25) is 0 Å². The highest BCUT2D eigenvalue weighted by Crippen LogP contribution is 2.27. The molecular weight excluding hydrogens is 369 g/mol. The van der Waals surface area contributed by atoms with E-state index in [-0.39, 0.29) is 18.3 Å². The Labute approximate surface area is 171 Å². The Morgan fingerprint density at radius 1 is 1.28 bits per heavy atom. The number of ketones is 1. The van der Waals surface area contributed by atoms with Crippen LogP contribution in [0.25, 0.3) is 0 Å². The largest absolute Gasteiger partial charge is 0.496 e. The Kier molecular flexibility index (Phi) is 7.40. The number of nitrogens with zero attached hydrogens (tertiary/aromatic N) is 1. The number of likely N-dealkylation sites (tertiary alicyclic amines) is 1. The van der Waals surface area contributed by atoms with Gasteiger partial charge in [-0.15, -0.1) is 0 Å². The van der Waals surface area contributed by atoms with Crippen molar-refractivity contribution in [1.82, 2.24) is 4.90 Å². The first-order valence-corrected chi connectivity index (χ1v) is 9.89. The fraction of sp³-hybridized carbons (Fsp3) is 0.375. The van der Waals surface area contributed by atoms with Crippen LogP contribution in [0.5, 0.6) is 5.75 Å². The molecule has 1 N–H and O–H groups in total. The summed E-state index contributed by atoms with van der Waals surface area (Å²) in [5, 5.41) is 8.79. The maximum atomic E-state index is 13.7. The van der Waals surface area contributed by atoms with Gasteiger partial charge in [0.05, 0.1) is 19.3 Å². The molecule has 152 valence electrons. The minimum absolute atomic E-state index is 0.0550. The van der Waals surface area contributed by atoms with Crippen molar-refractivity contribution >= 4 is 5.78 Å². The lowest BCUT2D eigenvalue weighted by molar-refractivity contribution is 0.0808. The van der Waals surface area contributed by atoms with Crippen LogP contribution >= 0.6 is 0 Å². The van der Waals surface area contributed by atoms with E-state index in [0.717, 1.165) is 37.1 Å². The number of methoxy groups -OCH3 is 1. The second kappa shape index (κ2) is 10.2. The third-order valence-electron chi connectivity index (χ3n) is 5.13.